The maximum Gasteiger partial charge on any atom is 0.0333 e. The lowest BCUT2D eigenvalue weighted by atomic mass is 9.78. The van der Waals surface area contributed by atoms with Crippen LogP contribution < -0.4 is 5.73 Å². The summed E-state index contributed by atoms with van der Waals surface area (Å²) in [5, 5.41) is 2.18. The lowest BCUT2D eigenvalue weighted by molar-refractivity contribution is 0.0537. The summed E-state index contributed by atoms with van der Waals surface area (Å²) in [6, 6.07) is 6.06. The van der Waals surface area contributed by atoms with Crippen LogP contribution in [0.2, 0.25) is 0 Å². The van der Waals surface area contributed by atoms with Crippen LogP contribution in [-0.2, 0) is 6.54 Å². The minimum absolute atomic E-state index is 0.764. The summed E-state index contributed by atoms with van der Waals surface area (Å²) in [5.41, 5.74) is 5.83. The molecule has 0 bridgehead atoms. The van der Waals surface area contributed by atoms with Crippen molar-refractivity contribution < 1.29 is 0 Å². The highest BCUT2D eigenvalue weighted by atomic mass is 32.1. The fourth-order valence-electron chi connectivity index (χ4n) is 2.77. The number of hydrogen-bond donors (Lipinski definition) is 1. The first-order valence-corrected chi connectivity index (χ1v) is 7.24. The SMILES string of the molecule is NCC1CCC1N(Cc1cccs1)C1CC1. The van der Waals surface area contributed by atoms with Crippen LogP contribution in [0.3, 0.4) is 0 Å². The summed E-state index contributed by atoms with van der Waals surface area (Å²) < 4.78 is 0. The van der Waals surface area contributed by atoms with Gasteiger partial charge in [-0.1, -0.05) is 6.07 Å². The predicted molar refractivity (Wildman–Crippen MR) is 68.5 cm³/mol. The van der Waals surface area contributed by atoms with Gasteiger partial charge in [-0.3, -0.25) is 4.90 Å². The lowest BCUT2D eigenvalue weighted by Crippen LogP contribution is -2.50. The number of nitrogens with zero attached hydrogens (tertiary/aromatic N) is 1. The third-order valence-electron chi connectivity index (χ3n) is 4.04. The summed E-state index contributed by atoms with van der Waals surface area (Å²) in [6.07, 6.45) is 5.51. The highest BCUT2D eigenvalue weighted by Gasteiger charge is 2.41. The number of thiophene rings is 1. The molecule has 0 aliphatic heterocycles. The van der Waals surface area contributed by atoms with E-state index < -0.39 is 0 Å². The largest absolute Gasteiger partial charge is 0.330 e. The van der Waals surface area contributed by atoms with E-state index in [4.69, 9.17) is 5.73 Å². The van der Waals surface area contributed by atoms with Crippen LogP contribution in [0.4, 0.5) is 0 Å². The normalized spacial score (nSPS) is 29.4. The minimum Gasteiger partial charge on any atom is -0.330 e. The zero-order chi connectivity index (χ0) is 11.0. The number of nitrogens with two attached hydrogens (primary N) is 1. The molecule has 0 spiro atoms. The van der Waals surface area contributed by atoms with E-state index in [1.807, 2.05) is 11.3 Å². The Kier molecular flexibility index (Phi) is 3.01. The molecule has 2 aliphatic rings. The Morgan fingerprint density at radius 1 is 1.31 bits per heavy atom. The van der Waals surface area contributed by atoms with E-state index in [-0.39, 0.29) is 0 Å². The van der Waals surface area contributed by atoms with Crippen LogP contribution >= 0.6 is 11.3 Å². The van der Waals surface area contributed by atoms with Crippen molar-refractivity contribution in [2.75, 3.05) is 6.54 Å². The maximum absolute atomic E-state index is 5.83. The van der Waals surface area contributed by atoms with E-state index in [9.17, 15) is 0 Å². The third kappa shape index (κ3) is 2.04. The summed E-state index contributed by atoms with van der Waals surface area (Å²) in [5.74, 6) is 0.764. The molecule has 0 saturated heterocycles. The van der Waals surface area contributed by atoms with Gasteiger partial charge in [-0.05, 0) is 49.6 Å². The molecule has 0 radical (unpaired) electrons. The number of hydrogen-bond acceptors (Lipinski definition) is 3. The van der Waals surface area contributed by atoms with E-state index in [0.29, 0.717) is 0 Å². The quantitative estimate of drug-likeness (QED) is 0.851. The molecule has 2 N–H and O–H groups in total. The molecule has 2 saturated carbocycles. The van der Waals surface area contributed by atoms with Gasteiger partial charge in [0.2, 0.25) is 0 Å². The van der Waals surface area contributed by atoms with Gasteiger partial charge in [0, 0.05) is 23.5 Å². The standard InChI is InChI=1S/C13H20N2S/c14-8-10-3-6-13(10)15(11-4-5-11)9-12-2-1-7-16-12/h1-2,7,10-11,13H,3-6,8-9,14H2. The highest BCUT2D eigenvalue weighted by Crippen LogP contribution is 2.39. The maximum atomic E-state index is 5.83. The van der Waals surface area contributed by atoms with Gasteiger partial charge in [-0.25, -0.2) is 0 Å². The molecule has 1 aromatic heterocycles. The minimum atomic E-state index is 0.764. The summed E-state index contributed by atoms with van der Waals surface area (Å²) in [4.78, 5) is 4.24. The zero-order valence-corrected chi connectivity index (χ0v) is 10.5. The zero-order valence-electron chi connectivity index (χ0n) is 9.64. The Morgan fingerprint density at radius 3 is 2.69 bits per heavy atom. The molecule has 16 heavy (non-hydrogen) atoms. The Labute approximate surface area is 101 Å². The van der Waals surface area contributed by atoms with Crippen molar-refractivity contribution in [1.29, 1.82) is 0 Å². The molecule has 3 heteroatoms. The predicted octanol–water partition coefficient (Wildman–Crippen LogP) is 2.45. The smallest absolute Gasteiger partial charge is 0.0333 e. The molecular weight excluding hydrogens is 216 g/mol. The van der Waals surface area contributed by atoms with Crippen LogP contribution in [0, 0.1) is 5.92 Å². The molecule has 2 unspecified atom stereocenters. The Balaban J connectivity index is 1.67. The fourth-order valence-corrected chi connectivity index (χ4v) is 3.48. The monoisotopic (exact) mass is 236 g/mol. The van der Waals surface area contributed by atoms with E-state index in [2.05, 4.69) is 22.4 Å². The van der Waals surface area contributed by atoms with Crippen LogP contribution in [0.25, 0.3) is 0 Å². The molecular formula is C13H20N2S. The second-order valence-corrected chi connectivity index (χ2v) is 6.16. The van der Waals surface area contributed by atoms with E-state index in [1.165, 1.54) is 30.6 Å². The molecule has 2 fully saturated rings. The van der Waals surface area contributed by atoms with Gasteiger partial charge >= 0.3 is 0 Å². The Hall–Kier alpha value is -0.380. The molecule has 0 amide bonds. The molecule has 0 aromatic carbocycles. The summed E-state index contributed by atoms with van der Waals surface area (Å²) in [6.45, 7) is 2.03. The Bertz CT molecular complexity index is 330. The molecule has 88 valence electrons. The average molecular weight is 236 g/mol. The summed E-state index contributed by atoms with van der Waals surface area (Å²) in [7, 11) is 0. The van der Waals surface area contributed by atoms with Crippen molar-refractivity contribution in [3.8, 4) is 0 Å². The fraction of sp³-hybridized carbons (Fsp3) is 0.692. The van der Waals surface area contributed by atoms with Gasteiger partial charge in [0.15, 0.2) is 0 Å². The van der Waals surface area contributed by atoms with Crippen LogP contribution in [-0.4, -0.2) is 23.5 Å². The van der Waals surface area contributed by atoms with E-state index in [0.717, 1.165) is 31.1 Å². The van der Waals surface area contributed by atoms with Crippen molar-refractivity contribution in [3.63, 3.8) is 0 Å². The second kappa shape index (κ2) is 4.47. The van der Waals surface area contributed by atoms with Crippen LogP contribution in [0.1, 0.15) is 30.6 Å². The van der Waals surface area contributed by atoms with Crippen LogP contribution in [0.5, 0.6) is 0 Å². The molecule has 1 aromatic rings. The lowest BCUT2D eigenvalue weighted by Gasteiger charge is -2.44. The van der Waals surface area contributed by atoms with Gasteiger partial charge in [-0.2, -0.15) is 0 Å². The van der Waals surface area contributed by atoms with Crippen molar-refractivity contribution in [3.05, 3.63) is 22.4 Å². The molecule has 2 nitrogen and oxygen atoms in total. The third-order valence-corrected chi connectivity index (χ3v) is 4.90. The van der Waals surface area contributed by atoms with Crippen molar-refractivity contribution >= 4 is 11.3 Å². The molecule has 2 atom stereocenters. The van der Waals surface area contributed by atoms with Gasteiger partial charge < -0.3 is 5.73 Å². The van der Waals surface area contributed by atoms with Gasteiger partial charge in [0.1, 0.15) is 0 Å². The average Bonchev–Trinajstić information content (AvgIpc) is 2.96. The van der Waals surface area contributed by atoms with Gasteiger partial charge in [0.05, 0.1) is 0 Å². The Morgan fingerprint density at radius 2 is 2.19 bits per heavy atom. The topological polar surface area (TPSA) is 29.3 Å². The first-order chi connectivity index (χ1) is 7.88. The molecule has 2 aliphatic carbocycles. The first kappa shape index (κ1) is 10.8. The van der Waals surface area contributed by atoms with Crippen molar-refractivity contribution in [1.82, 2.24) is 4.90 Å². The van der Waals surface area contributed by atoms with Gasteiger partial charge in [-0.15, -0.1) is 11.3 Å². The molecule has 1 heterocycles. The highest BCUT2D eigenvalue weighted by molar-refractivity contribution is 7.09. The number of rotatable bonds is 5. The van der Waals surface area contributed by atoms with Crippen molar-refractivity contribution in [2.45, 2.75) is 44.3 Å². The van der Waals surface area contributed by atoms with Crippen LogP contribution in [0.15, 0.2) is 17.5 Å². The first-order valence-electron chi connectivity index (χ1n) is 6.36. The van der Waals surface area contributed by atoms with E-state index in [1.54, 1.807) is 0 Å². The second-order valence-electron chi connectivity index (χ2n) is 5.12. The van der Waals surface area contributed by atoms with E-state index >= 15 is 0 Å². The van der Waals surface area contributed by atoms with Gasteiger partial charge in [0.25, 0.3) is 0 Å². The van der Waals surface area contributed by atoms with Crippen molar-refractivity contribution in [2.24, 2.45) is 11.7 Å². The summed E-state index contributed by atoms with van der Waals surface area (Å²) >= 11 is 1.88. The molecule has 3 rings (SSSR count).